The molecule has 0 aliphatic rings. The highest BCUT2D eigenvalue weighted by molar-refractivity contribution is 5.15. The van der Waals surface area contributed by atoms with Crippen molar-refractivity contribution in [2.45, 2.75) is 25.9 Å². The van der Waals surface area contributed by atoms with Crippen molar-refractivity contribution >= 4 is 0 Å². The number of aliphatic hydroxyl groups is 1. The summed E-state index contributed by atoms with van der Waals surface area (Å²) in [5.41, 5.74) is 2.34. The molecule has 2 nitrogen and oxygen atoms in total. The molecule has 0 aliphatic heterocycles. The number of likely N-dealkylation sites (N-methyl/N-ethyl adjacent to an activating group) is 1. The van der Waals surface area contributed by atoms with Crippen LogP contribution in [0.4, 0.5) is 0 Å². The van der Waals surface area contributed by atoms with Crippen molar-refractivity contribution in [3.8, 4) is 0 Å². The summed E-state index contributed by atoms with van der Waals surface area (Å²) in [4.78, 5) is 2.14. The summed E-state index contributed by atoms with van der Waals surface area (Å²) in [6, 6.07) is 10.3. The molecule has 0 aliphatic carbocycles. The van der Waals surface area contributed by atoms with Crippen LogP contribution >= 0.6 is 0 Å². The minimum absolute atomic E-state index is 0.0604. The van der Waals surface area contributed by atoms with Gasteiger partial charge in [-0.05, 0) is 19.0 Å². The maximum atomic E-state index is 9.37. The number of rotatable bonds is 6. The first-order valence-electron chi connectivity index (χ1n) is 5.71. The second-order valence-electron chi connectivity index (χ2n) is 4.11. The van der Waals surface area contributed by atoms with E-state index < -0.39 is 0 Å². The molecule has 0 saturated heterocycles. The van der Waals surface area contributed by atoms with E-state index in [1.807, 2.05) is 25.2 Å². The Hall–Kier alpha value is -1.12. The minimum atomic E-state index is 0.0604. The van der Waals surface area contributed by atoms with Crippen molar-refractivity contribution in [3.05, 3.63) is 48.0 Å². The molecule has 1 rings (SSSR count). The lowest BCUT2D eigenvalue weighted by Gasteiger charge is -2.27. The Morgan fingerprint density at radius 3 is 2.50 bits per heavy atom. The van der Waals surface area contributed by atoms with Crippen molar-refractivity contribution in [2.75, 3.05) is 13.7 Å². The largest absolute Gasteiger partial charge is 0.394 e. The van der Waals surface area contributed by atoms with Crippen molar-refractivity contribution in [1.29, 1.82) is 0 Å². The van der Waals surface area contributed by atoms with Crippen LogP contribution in [0.2, 0.25) is 0 Å². The zero-order chi connectivity index (χ0) is 12.0. The molecule has 0 amide bonds. The number of benzene rings is 1. The van der Waals surface area contributed by atoms with Gasteiger partial charge in [0.25, 0.3) is 0 Å². The van der Waals surface area contributed by atoms with Crippen molar-refractivity contribution < 1.29 is 5.11 Å². The SMILES string of the molecule is C=C(CC)[C@@H](CO)N(C)Cc1ccccc1. The van der Waals surface area contributed by atoms with Crippen LogP contribution in [0.5, 0.6) is 0 Å². The standard InChI is InChI=1S/C14H21NO/c1-4-12(2)14(11-16)15(3)10-13-8-6-5-7-9-13/h5-9,14,16H,2,4,10-11H2,1,3H3/t14-/m1/s1. The van der Waals surface area contributed by atoms with E-state index in [9.17, 15) is 5.11 Å². The van der Waals surface area contributed by atoms with Crippen molar-refractivity contribution in [3.63, 3.8) is 0 Å². The van der Waals surface area contributed by atoms with Gasteiger partial charge in [-0.15, -0.1) is 0 Å². The van der Waals surface area contributed by atoms with E-state index in [1.54, 1.807) is 0 Å². The third kappa shape index (κ3) is 3.47. The van der Waals surface area contributed by atoms with Gasteiger partial charge in [0, 0.05) is 6.54 Å². The van der Waals surface area contributed by atoms with Crippen molar-refractivity contribution in [2.24, 2.45) is 0 Å². The molecule has 1 aromatic carbocycles. The fourth-order valence-corrected chi connectivity index (χ4v) is 1.80. The Kier molecular flexibility index (Phi) is 5.23. The summed E-state index contributed by atoms with van der Waals surface area (Å²) in [7, 11) is 2.02. The van der Waals surface area contributed by atoms with Gasteiger partial charge in [-0.1, -0.05) is 49.4 Å². The maximum absolute atomic E-state index is 9.37. The van der Waals surface area contributed by atoms with Gasteiger partial charge >= 0.3 is 0 Å². The molecule has 16 heavy (non-hydrogen) atoms. The lowest BCUT2D eigenvalue weighted by Crippen LogP contribution is -2.35. The Balaban J connectivity index is 2.63. The Bertz CT molecular complexity index is 321. The second-order valence-corrected chi connectivity index (χ2v) is 4.11. The van der Waals surface area contributed by atoms with Gasteiger partial charge in [0.15, 0.2) is 0 Å². The molecule has 0 radical (unpaired) electrons. The first-order valence-corrected chi connectivity index (χ1v) is 5.71. The van der Waals surface area contributed by atoms with E-state index in [4.69, 9.17) is 0 Å². The van der Waals surface area contributed by atoms with Crippen molar-refractivity contribution in [1.82, 2.24) is 4.90 Å². The highest BCUT2D eigenvalue weighted by Crippen LogP contribution is 2.13. The van der Waals surface area contributed by atoms with Crippen LogP contribution in [0.3, 0.4) is 0 Å². The topological polar surface area (TPSA) is 23.5 Å². The van der Waals surface area contributed by atoms with E-state index in [0.717, 1.165) is 18.5 Å². The molecule has 2 heteroatoms. The summed E-state index contributed by atoms with van der Waals surface area (Å²) in [6.45, 7) is 7.05. The number of nitrogens with zero attached hydrogens (tertiary/aromatic N) is 1. The molecule has 0 fully saturated rings. The summed E-state index contributed by atoms with van der Waals surface area (Å²) >= 11 is 0. The van der Waals surface area contributed by atoms with Gasteiger partial charge < -0.3 is 5.11 Å². The monoisotopic (exact) mass is 219 g/mol. The van der Waals surface area contributed by atoms with Gasteiger partial charge in [-0.3, -0.25) is 4.90 Å². The van der Waals surface area contributed by atoms with E-state index in [-0.39, 0.29) is 12.6 Å². The summed E-state index contributed by atoms with van der Waals surface area (Å²) in [5.74, 6) is 0. The quantitative estimate of drug-likeness (QED) is 0.743. The molecule has 0 unspecified atom stereocenters. The molecule has 0 aromatic heterocycles. The molecular weight excluding hydrogens is 198 g/mol. The van der Waals surface area contributed by atoms with E-state index in [1.165, 1.54) is 5.56 Å². The van der Waals surface area contributed by atoms with E-state index in [2.05, 4.69) is 30.5 Å². The molecular formula is C14H21NO. The van der Waals surface area contributed by atoms with E-state index >= 15 is 0 Å². The first-order chi connectivity index (χ1) is 7.69. The Morgan fingerprint density at radius 2 is 2.00 bits per heavy atom. The van der Waals surface area contributed by atoms with Crippen LogP contribution in [-0.4, -0.2) is 29.7 Å². The Morgan fingerprint density at radius 1 is 1.38 bits per heavy atom. The predicted octanol–water partition coefficient (Wildman–Crippen LogP) is 2.45. The predicted molar refractivity (Wildman–Crippen MR) is 68.2 cm³/mol. The summed E-state index contributed by atoms with van der Waals surface area (Å²) in [6.07, 6.45) is 0.907. The zero-order valence-electron chi connectivity index (χ0n) is 10.2. The van der Waals surface area contributed by atoms with Gasteiger partial charge in [-0.25, -0.2) is 0 Å². The number of hydrogen-bond donors (Lipinski definition) is 1. The van der Waals surface area contributed by atoms with Crippen LogP contribution < -0.4 is 0 Å². The lowest BCUT2D eigenvalue weighted by atomic mass is 10.1. The van der Waals surface area contributed by atoms with E-state index in [0.29, 0.717) is 0 Å². The smallest absolute Gasteiger partial charge is 0.0625 e. The first kappa shape index (κ1) is 12.9. The van der Waals surface area contributed by atoms with Crippen LogP contribution in [0.1, 0.15) is 18.9 Å². The fourth-order valence-electron chi connectivity index (χ4n) is 1.80. The molecule has 88 valence electrons. The third-order valence-electron chi connectivity index (χ3n) is 2.91. The van der Waals surface area contributed by atoms with Crippen LogP contribution in [0.15, 0.2) is 42.5 Å². The molecule has 0 saturated carbocycles. The summed E-state index contributed by atoms with van der Waals surface area (Å²) < 4.78 is 0. The minimum Gasteiger partial charge on any atom is -0.394 e. The van der Waals surface area contributed by atoms with Gasteiger partial charge in [0.05, 0.1) is 12.6 Å². The molecule has 1 aromatic rings. The maximum Gasteiger partial charge on any atom is 0.0625 e. The summed E-state index contributed by atoms with van der Waals surface area (Å²) in [5, 5.41) is 9.37. The molecule has 1 N–H and O–H groups in total. The average Bonchev–Trinajstić information content (AvgIpc) is 2.31. The van der Waals surface area contributed by atoms with Gasteiger partial charge in [0.1, 0.15) is 0 Å². The Labute approximate surface area is 98.2 Å². The molecule has 0 bridgehead atoms. The number of hydrogen-bond acceptors (Lipinski definition) is 2. The third-order valence-corrected chi connectivity index (χ3v) is 2.91. The highest BCUT2D eigenvalue weighted by atomic mass is 16.3. The van der Waals surface area contributed by atoms with Crippen LogP contribution in [0, 0.1) is 0 Å². The molecule has 0 heterocycles. The molecule has 1 atom stereocenters. The van der Waals surface area contributed by atoms with Crippen LogP contribution in [-0.2, 0) is 6.54 Å². The second kappa shape index (κ2) is 6.46. The fraction of sp³-hybridized carbons (Fsp3) is 0.429. The average molecular weight is 219 g/mol. The number of aliphatic hydroxyl groups excluding tert-OH is 1. The van der Waals surface area contributed by atoms with Gasteiger partial charge in [-0.2, -0.15) is 0 Å². The lowest BCUT2D eigenvalue weighted by molar-refractivity contribution is 0.163. The zero-order valence-corrected chi connectivity index (χ0v) is 10.2. The molecule has 0 spiro atoms. The van der Waals surface area contributed by atoms with Gasteiger partial charge in [0.2, 0.25) is 0 Å². The van der Waals surface area contributed by atoms with Crippen LogP contribution in [0.25, 0.3) is 0 Å². The normalized spacial score (nSPS) is 12.8. The highest BCUT2D eigenvalue weighted by Gasteiger charge is 2.15.